The summed E-state index contributed by atoms with van der Waals surface area (Å²) in [4.78, 5) is 36.1. The van der Waals surface area contributed by atoms with Gasteiger partial charge in [-0.05, 0) is 56.9 Å². The highest BCUT2D eigenvalue weighted by molar-refractivity contribution is 5.92. The van der Waals surface area contributed by atoms with Crippen LogP contribution in [0.1, 0.15) is 58.3 Å². The lowest BCUT2D eigenvalue weighted by Gasteiger charge is -2.13. The molecule has 40 heavy (non-hydrogen) atoms. The largest absolute Gasteiger partial charge is 0.494 e. The van der Waals surface area contributed by atoms with Crippen LogP contribution in [0.15, 0.2) is 60.7 Å². The number of amides is 1. The van der Waals surface area contributed by atoms with Crippen LogP contribution in [-0.2, 0) is 33.3 Å². The average Bonchev–Trinajstić information content (AvgIpc) is 3.41. The van der Waals surface area contributed by atoms with E-state index in [1.807, 2.05) is 48.5 Å². The first-order valence-electron chi connectivity index (χ1n) is 13.7. The zero-order valence-corrected chi connectivity index (χ0v) is 23.5. The van der Waals surface area contributed by atoms with E-state index in [1.165, 1.54) is 0 Å². The molecule has 2 atom stereocenters. The molecule has 0 saturated carbocycles. The fourth-order valence-corrected chi connectivity index (χ4v) is 4.11. The lowest BCUT2D eigenvalue weighted by Crippen LogP contribution is -2.39. The number of esters is 2. The number of carbonyl (C=O) groups excluding carboxylic acids is 3. The molecule has 3 rings (SSSR count). The first-order valence-corrected chi connectivity index (χ1v) is 13.7. The molecule has 1 fully saturated rings. The van der Waals surface area contributed by atoms with E-state index < -0.39 is 30.4 Å². The van der Waals surface area contributed by atoms with Gasteiger partial charge in [-0.25, -0.2) is 9.59 Å². The highest BCUT2D eigenvalue weighted by Gasteiger charge is 2.47. The minimum absolute atomic E-state index is 0.0899. The summed E-state index contributed by atoms with van der Waals surface area (Å²) in [5.74, 6) is -0.609. The van der Waals surface area contributed by atoms with Gasteiger partial charge in [0.15, 0.2) is 18.5 Å². The second-order valence-electron chi connectivity index (χ2n) is 9.39. The predicted octanol–water partition coefficient (Wildman–Crippen LogP) is 4.89. The van der Waals surface area contributed by atoms with Crippen LogP contribution in [0.3, 0.4) is 0 Å². The average molecular weight is 554 g/mol. The van der Waals surface area contributed by atoms with Crippen LogP contribution in [0.4, 0.5) is 0 Å². The summed E-state index contributed by atoms with van der Waals surface area (Å²) in [6, 6.07) is 15.4. The van der Waals surface area contributed by atoms with Gasteiger partial charge in [0.2, 0.25) is 5.91 Å². The summed E-state index contributed by atoms with van der Waals surface area (Å²) >= 11 is 0. The summed E-state index contributed by atoms with van der Waals surface area (Å²) in [6.07, 6.45) is 0.655. The Morgan fingerprint density at radius 2 is 1.32 bits per heavy atom. The van der Waals surface area contributed by atoms with E-state index in [0.29, 0.717) is 24.3 Å². The van der Waals surface area contributed by atoms with E-state index in [9.17, 15) is 14.4 Å². The van der Waals surface area contributed by atoms with E-state index in [4.69, 9.17) is 23.7 Å². The molecule has 1 amide bonds. The van der Waals surface area contributed by atoms with E-state index in [1.54, 1.807) is 20.8 Å². The van der Waals surface area contributed by atoms with Crippen LogP contribution in [0.25, 0.3) is 11.1 Å². The minimum atomic E-state index is -1.19. The molecule has 0 bridgehead atoms. The number of hydrogen-bond donors (Lipinski definition) is 1. The summed E-state index contributed by atoms with van der Waals surface area (Å²) in [5.41, 5.74) is 3.19. The summed E-state index contributed by atoms with van der Waals surface area (Å²) in [7, 11) is 0. The van der Waals surface area contributed by atoms with Gasteiger partial charge >= 0.3 is 11.9 Å². The van der Waals surface area contributed by atoms with E-state index in [2.05, 4.69) is 11.9 Å². The topological polar surface area (TPSA) is 109 Å². The first kappa shape index (κ1) is 30.8. The summed E-state index contributed by atoms with van der Waals surface area (Å²) in [5, 5.41) is 2.84. The molecule has 9 heteroatoms. The Kier molecular flexibility index (Phi) is 12.2. The van der Waals surface area contributed by atoms with Crippen molar-refractivity contribution in [3.05, 3.63) is 66.2 Å². The molecule has 1 N–H and O–H groups in total. The van der Waals surface area contributed by atoms with Gasteiger partial charge in [0.1, 0.15) is 5.75 Å². The van der Waals surface area contributed by atoms with Crippen molar-refractivity contribution in [1.29, 1.82) is 0 Å². The second kappa shape index (κ2) is 15.8. The Balaban J connectivity index is 1.47. The Hall–Kier alpha value is -3.69. The van der Waals surface area contributed by atoms with Crippen molar-refractivity contribution >= 4 is 17.8 Å². The van der Waals surface area contributed by atoms with Crippen molar-refractivity contribution < 1.29 is 38.1 Å². The fourth-order valence-electron chi connectivity index (χ4n) is 4.11. The van der Waals surface area contributed by atoms with Gasteiger partial charge < -0.3 is 29.0 Å². The molecular formula is C31H39NO8. The number of rotatable bonds is 15. The molecular weight excluding hydrogens is 514 g/mol. The van der Waals surface area contributed by atoms with Gasteiger partial charge in [-0.1, -0.05) is 55.8 Å². The monoisotopic (exact) mass is 553 g/mol. The molecule has 1 heterocycles. The Bertz CT molecular complexity index is 1100. The maximum absolute atomic E-state index is 12.3. The van der Waals surface area contributed by atoms with Crippen LogP contribution in [-0.4, -0.2) is 56.4 Å². The summed E-state index contributed by atoms with van der Waals surface area (Å²) in [6.45, 7) is 10.3. The van der Waals surface area contributed by atoms with Crippen LogP contribution in [0.2, 0.25) is 0 Å². The normalized spacial score (nSPS) is 16.8. The van der Waals surface area contributed by atoms with E-state index in [-0.39, 0.29) is 19.1 Å². The van der Waals surface area contributed by atoms with Gasteiger partial charge in [0.05, 0.1) is 19.8 Å². The third-order valence-corrected chi connectivity index (χ3v) is 6.24. The summed E-state index contributed by atoms with van der Waals surface area (Å²) < 4.78 is 27.5. The Labute approximate surface area is 235 Å². The predicted molar refractivity (Wildman–Crippen MR) is 149 cm³/mol. The van der Waals surface area contributed by atoms with Gasteiger partial charge in [0, 0.05) is 17.7 Å². The maximum atomic E-state index is 12.3. The minimum Gasteiger partial charge on any atom is -0.494 e. The van der Waals surface area contributed by atoms with Gasteiger partial charge in [-0.15, -0.1) is 0 Å². The highest BCUT2D eigenvalue weighted by atomic mass is 16.8. The smallest absolute Gasteiger partial charge is 0.338 e. The van der Waals surface area contributed by atoms with Crippen molar-refractivity contribution in [2.45, 2.75) is 65.0 Å². The van der Waals surface area contributed by atoms with Gasteiger partial charge in [-0.3, -0.25) is 4.79 Å². The van der Waals surface area contributed by atoms with Crippen LogP contribution in [0, 0.1) is 0 Å². The van der Waals surface area contributed by atoms with Crippen molar-refractivity contribution in [2.75, 3.05) is 26.4 Å². The number of benzene rings is 2. The second-order valence-corrected chi connectivity index (χ2v) is 9.39. The van der Waals surface area contributed by atoms with Gasteiger partial charge in [-0.2, -0.15) is 0 Å². The molecule has 0 aromatic heterocycles. The SMILES string of the molecule is C=C(C)C(=O)NCCCCCCOc1ccc(-c2ccc(C3O[C@@H](C(=O)OCC)[C@H](C(=O)OCC)O3)cc2)cc1. The highest BCUT2D eigenvalue weighted by Crippen LogP contribution is 2.34. The first-order chi connectivity index (χ1) is 19.3. The van der Waals surface area contributed by atoms with E-state index >= 15 is 0 Å². The molecule has 9 nitrogen and oxygen atoms in total. The molecule has 0 radical (unpaired) electrons. The molecule has 1 aliphatic rings. The molecule has 216 valence electrons. The Morgan fingerprint density at radius 1 is 0.800 bits per heavy atom. The number of ether oxygens (including phenoxy) is 5. The number of carbonyl (C=O) groups is 3. The number of nitrogens with one attached hydrogen (secondary N) is 1. The number of hydrogen-bond acceptors (Lipinski definition) is 8. The molecule has 0 aliphatic carbocycles. The molecule has 1 saturated heterocycles. The lowest BCUT2D eigenvalue weighted by molar-refractivity contribution is -0.163. The molecule has 0 unspecified atom stereocenters. The van der Waals surface area contributed by atoms with Crippen molar-refractivity contribution in [3.63, 3.8) is 0 Å². The van der Waals surface area contributed by atoms with Crippen molar-refractivity contribution in [1.82, 2.24) is 5.32 Å². The van der Waals surface area contributed by atoms with Crippen LogP contribution in [0.5, 0.6) is 5.75 Å². The fraction of sp³-hybridized carbons (Fsp3) is 0.452. The zero-order valence-electron chi connectivity index (χ0n) is 23.5. The molecule has 0 spiro atoms. The standard InChI is InChI=1S/C31H39NO8/c1-5-36-29(34)26-27(30(35)37-6-2)40-31(39-26)24-13-11-22(12-14-24)23-15-17-25(18-16-23)38-20-10-8-7-9-19-32-28(33)21(3)4/h11-18,26-27,31H,3,5-10,19-20H2,1-2,4H3,(H,32,33)/t26-,27-/m1/s1. The zero-order chi connectivity index (χ0) is 28.9. The van der Waals surface area contributed by atoms with E-state index in [0.717, 1.165) is 42.6 Å². The molecule has 2 aromatic carbocycles. The number of unbranched alkanes of at least 4 members (excludes halogenated alkanes) is 3. The van der Waals surface area contributed by atoms with Gasteiger partial charge in [0.25, 0.3) is 0 Å². The molecule has 1 aliphatic heterocycles. The third kappa shape index (κ3) is 8.93. The third-order valence-electron chi connectivity index (χ3n) is 6.24. The van der Waals surface area contributed by atoms with Crippen molar-refractivity contribution in [3.8, 4) is 16.9 Å². The Morgan fingerprint density at radius 3 is 1.85 bits per heavy atom. The van der Waals surface area contributed by atoms with Crippen molar-refractivity contribution in [2.24, 2.45) is 0 Å². The maximum Gasteiger partial charge on any atom is 0.338 e. The lowest BCUT2D eigenvalue weighted by atomic mass is 10.0. The van der Waals surface area contributed by atoms with Crippen LogP contribution < -0.4 is 10.1 Å². The quantitative estimate of drug-likeness (QED) is 0.189. The molecule has 2 aromatic rings. The van der Waals surface area contributed by atoms with Crippen LogP contribution >= 0.6 is 0 Å².